The first kappa shape index (κ1) is 26.5. The van der Waals surface area contributed by atoms with Crippen molar-refractivity contribution in [2.75, 3.05) is 6.61 Å². The van der Waals surface area contributed by atoms with Crippen molar-refractivity contribution in [3.63, 3.8) is 0 Å². The summed E-state index contributed by atoms with van der Waals surface area (Å²) in [5.74, 6) is 3.12. The molecule has 0 aromatic carbocycles. The van der Waals surface area contributed by atoms with Gasteiger partial charge in [-0.05, 0) is 123 Å². The van der Waals surface area contributed by atoms with Crippen LogP contribution in [-0.4, -0.2) is 47.2 Å². The van der Waals surface area contributed by atoms with Crippen LogP contribution in [0, 0.1) is 35.0 Å². The predicted molar refractivity (Wildman–Crippen MR) is 147 cm³/mol. The molecule has 6 fully saturated rings. The van der Waals surface area contributed by atoms with Gasteiger partial charge in [0.05, 0.1) is 18.3 Å². The van der Waals surface area contributed by atoms with Gasteiger partial charge in [-0.2, -0.15) is 0 Å². The zero-order chi connectivity index (χ0) is 26.6. The number of fused-ring (bicyclic) bond motifs is 1. The fourth-order valence-electron chi connectivity index (χ4n) is 9.48. The largest absolute Gasteiger partial charge is 0.460 e. The van der Waals surface area contributed by atoms with Gasteiger partial charge >= 0.3 is 5.97 Å². The Morgan fingerprint density at radius 3 is 2.55 bits per heavy atom. The molecule has 5 atom stereocenters. The highest BCUT2D eigenvalue weighted by Crippen LogP contribution is 2.56. The van der Waals surface area contributed by atoms with Gasteiger partial charge in [-0.15, -0.1) is 0 Å². The minimum atomic E-state index is -0.659. The highest BCUT2D eigenvalue weighted by atomic mass is 16.6. The number of carbonyl (C=O) groups is 1. The fourth-order valence-corrected chi connectivity index (χ4v) is 9.48. The SMILES string of the molecule is C=C1/C(=C\C=C2/CCC[C@]3(C)C(C(C)OCC(=O)OC4C5CC6CC(C5)CC4C6)=CC[C@@H]23)C[C@@H](O)C[C@@H]1O. The lowest BCUT2D eigenvalue weighted by Crippen LogP contribution is -2.50. The van der Waals surface area contributed by atoms with E-state index < -0.39 is 12.2 Å². The maximum Gasteiger partial charge on any atom is 0.332 e. The van der Waals surface area contributed by atoms with Crippen LogP contribution in [0.3, 0.4) is 0 Å². The second kappa shape index (κ2) is 10.4. The van der Waals surface area contributed by atoms with E-state index in [0.29, 0.717) is 30.6 Å². The van der Waals surface area contributed by atoms with E-state index in [2.05, 4.69) is 38.7 Å². The highest BCUT2D eigenvalue weighted by molar-refractivity contribution is 5.71. The summed E-state index contributed by atoms with van der Waals surface area (Å²) in [5.41, 5.74) is 4.45. The first-order valence-electron chi connectivity index (χ1n) is 15.2. The number of hydrogen-bond donors (Lipinski definition) is 2. The van der Waals surface area contributed by atoms with Crippen molar-refractivity contribution in [3.05, 3.63) is 47.1 Å². The Morgan fingerprint density at radius 2 is 1.84 bits per heavy atom. The number of aliphatic hydroxyl groups is 2. The summed E-state index contributed by atoms with van der Waals surface area (Å²) in [4.78, 5) is 12.9. The Morgan fingerprint density at radius 1 is 1.13 bits per heavy atom. The van der Waals surface area contributed by atoms with E-state index in [1.807, 2.05) is 0 Å². The van der Waals surface area contributed by atoms with E-state index in [-0.39, 0.29) is 30.2 Å². The molecule has 0 heterocycles. The van der Waals surface area contributed by atoms with Crippen molar-refractivity contribution in [2.24, 2.45) is 35.0 Å². The lowest BCUT2D eigenvalue weighted by Gasteiger charge is -2.53. The third-order valence-corrected chi connectivity index (χ3v) is 11.2. The zero-order valence-corrected chi connectivity index (χ0v) is 23.2. The summed E-state index contributed by atoms with van der Waals surface area (Å²) in [6.45, 7) is 8.54. The van der Waals surface area contributed by atoms with Gasteiger partial charge in [0.15, 0.2) is 0 Å². The third-order valence-electron chi connectivity index (χ3n) is 11.2. The Balaban J connectivity index is 1.06. The molecule has 2 N–H and O–H groups in total. The van der Waals surface area contributed by atoms with Gasteiger partial charge in [-0.25, -0.2) is 4.79 Å². The third kappa shape index (κ3) is 4.88. The minimum absolute atomic E-state index is 0.0237. The molecule has 0 aromatic heterocycles. The number of rotatable bonds is 6. The van der Waals surface area contributed by atoms with Crippen LogP contribution in [0.15, 0.2) is 47.1 Å². The Labute approximate surface area is 228 Å². The molecule has 38 heavy (non-hydrogen) atoms. The van der Waals surface area contributed by atoms with Crippen LogP contribution < -0.4 is 0 Å². The molecule has 208 valence electrons. The molecular formula is C33H46O5. The topological polar surface area (TPSA) is 76.0 Å². The molecule has 1 unspecified atom stereocenters. The van der Waals surface area contributed by atoms with Crippen molar-refractivity contribution >= 4 is 5.97 Å². The molecule has 7 aliphatic carbocycles. The van der Waals surface area contributed by atoms with E-state index >= 15 is 0 Å². The van der Waals surface area contributed by atoms with Gasteiger partial charge in [-0.1, -0.05) is 37.3 Å². The number of ether oxygens (including phenoxy) is 2. The van der Waals surface area contributed by atoms with Crippen molar-refractivity contribution in [2.45, 2.75) is 109 Å². The zero-order valence-electron chi connectivity index (χ0n) is 23.2. The van der Waals surface area contributed by atoms with Crippen molar-refractivity contribution in [1.82, 2.24) is 0 Å². The molecule has 6 saturated carbocycles. The molecule has 0 radical (unpaired) electrons. The van der Waals surface area contributed by atoms with E-state index in [4.69, 9.17) is 9.47 Å². The van der Waals surface area contributed by atoms with E-state index in [0.717, 1.165) is 48.7 Å². The molecular weight excluding hydrogens is 476 g/mol. The predicted octanol–water partition coefficient (Wildman–Crippen LogP) is 5.82. The van der Waals surface area contributed by atoms with Crippen molar-refractivity contribution in [3.8, 4) is 0 Å². The Kier molecular flexibility index (Phi) is 7.24. The molecule has 7 rings (SSSR count). The molecule has 0 amide bonds. The summed E-state index contributed by atoms with van der Waals surface area (Å²) < 4.78 is 12.2. The van der Waals surface area contributed by atoms with Crippen LogP contribution in [0.5, 0.6) is 0 Å². The number of hydrogen-bond acceptors (Lipinski definition) is 5. The van der Waals surface area contributed by atoms with Gasteiger partial charge in [0.1, 0.15) is 12.7 Å². The van der Waals surface area contributed by atoms with Crippen LogP contribution in [0.25, 0.3) is 0 Å². The molecule has 7 aliphatic rings. The van der Waals surface area contributed by atoms with E-state index in [9.17, 15) is 15.0 Å². The van der Waals surface area contributed by atoms with Crippen molar-refractivity contribution in [1.29, 1.82) is 0 Å². The molecule has 0 aromatic rings. The first-order valence-corrected chi connectivity index (χ1v) is 15.2. The minimum Gasteiger partial charge on any atom is -0.460 e. The molecule has 5 nitrogen and oxygen atoms in total. The number of carbonyl (C=O) groups excluding carboxylic acids is 1. The quantitative estimate of drug-likeness (QED) is 0.340. The number of esters is 1. The van der Waals surface area contributed by atoms with E-state index in [1.54, 1.807) is 0 Å². The van der Waals surface area contributed by atoms with Gasteiger partial charge in [0.25, 0.3) is 0 Å². The monoisotopic (exact) mass is 522 g/mol. The highest BCUT2D eigenvalue weighted by Gasteiger charge is 2.50. The standard InChI is InChI=1S/C33H46O5/c1-19-24(16-27(34)17-30(19)35)7-6-23-5-4-10-33(3)28(8-9-29(23)33)20(2)37-18-31(36)38-32-25-12-21-11-22(14-25)15-26(32)13-21/h6-8,20-22,25-27,29-30,32,34-35H,1,4-5,9-18H2,2-3H3/b23-6+,24-7-/t20?,21?,22?,25?,26?,27-,29+,30+,32?,33-/m1/s1. The molecule has 0 saturated heterocycles. The normalized spacial score (nSPS) is 44.8. The summed E-state index contributed by atoms with van der Waals surface area (Å²) in [6, 6.07) is 0. The second-order valence-electron chi connectivity index (χ2n) is 13.6. The smallest absolute Gasteiger partial charge is 0.332 e. The molecule has 4 bridgehead atoms. The maximum absolute atomic E-state index is 12.9. The molecule has 5 heteroatoms. The van der Waals surface area contributed by atoms with Gasteiger partial charge in [-0.3, -0.25) is 0 Å². The lowest BCUT2D eigenvalue weighted by molar-refractivity contribution is -0.176. The van der Waals surface area contributed by atoms with Gasteiger partial charge in [0, 0.05) is 6.42 Å². The molecule has 0 aliphatic heterocycles. The Hall–Kier alpha value is -1.69. The average Bonchev–Trinajstić information content (AvgIpc) is 3.23. The summed E-state index contributed by atoms with van der Waals surface area (Å²) >= 11 is 0. The summed E-state index contributed by atoms with van der Waals surface area (Å²) in [6.07, 6.45) is 17.1. The molecule has 0 spiro atoms. The lowest BCUT2D eigenvalue weighted by atomic mass is 9.55. The number of aliphatic hydroxyl groups excluding tert-OH is 2. The Bertz CT molecular complexity index is 1020. The second-order valence-corrected chi connectivity index (χ2v) is 13.6. The van der Waals surface area contributed by atoms with Gasteiger partial charge in [0.2, 0.25) is 0 Å². The first-order chi connectivity index (χ1) is 18.2. The summed E-state index contributed by atoms with van der Waals surface area (Å²) in [5, 5.41) is 20.3. The van der Waals surface area contributed by atoms with Crippen LogP contribution in [0.4, 0.5) is 0 Å². The van der Waals surface area contributed by atoms with Crippen LogP contribution in [0.2, 0.25) is 0 Å². The van der Waals surface area contributed by atoms with Crippen LogP contribution in [0.1, 0.15) is 84.5 Å². The fraction of sp³-hybridized carbons (Fsp3) is 0.727. The average molecular weight is 523 g/mol. The maximum atomic E-state index is 12.9. The van der Waals surface area contributed by atoms with Crippen LogP contribution >= 0.6 is 0 Å². The van der Waals surface area contributed by atoms with Crippen LogP contribution in [-0.2, 0) is 14.3 Å². The van der Waals surface area contributed by atoms with E-state index in [1.165, 1.54) is 43.3 Å². The van der Waals surface area contributed by atoms with Crippen molar-refractivity contribution < 1.29 is 24.5 Å². The van der Waals surface area contributed by atoms with Gasteiger partial charge < -0.3 is 19.7 Å². The number of allylic oxidation sites excluding steroid dienone is 4. The summed E-state index contributed by atoms with van der Waals surface area (Å²) in [7, 11) is 0.